The van der Waals surface area contributed by atoms with Gasteiger partial charge in [0.2, 0.25) is 0 Å². The maximum atomic E-state index is 12.6. The van der Waals surface area contributed by atoms with Gasteiger partial charge < -0.3 is 9.84 Å². The van der Waals surface area contributed by atoms with Crippen molar-refractivity contribution in [2.45, 2.75) is 48.5 Å². The standard InChI is InChI=1S/C15H15F3N4O5S2/c1-5-19-20-13(29-5)28-4-21-6-2-3-7(27-12(24)15(16,17)18)9-8(6)10(11(9)23)22(21)14(25)26/h6-10H,2-4H2,1H3,(H,25,26)/t6?,7?,8-,9+,10?/m0/s1. The lowest BCUT2D eigenvalue weighted by Crippen LogP contribution is -2.64. The fourth-order valence-corrected chi connectivity index (χ4v) is 6.20. The number of hydrazine groups is 1. The average molecular weight is 452 g/mol. The van der Waals surface area contributed by atoms with Crippen LogP contribution >= 0.6 is 23.1 Å². The number of ketones is 1. The van der Waals surface area contributed by atoms with Crippen molar-refractivity contribution in [3.8, 4) is 0 Å². The third-order valence-electron chi connectivity index (χ3n) is 5.43. The molecule has 1 aromatic heterocycles. The number of carbonyl (C=O) groups excluding carboxylic acids is 2. The molecule has 2 aliphatic carbocycles. The molecule has 3 fully saturated rings. The normalized spacial score (nSPS) is 31.4. The zero-order chi connectivity index (χ0) is 21.1. The van der Waals surface area contributed by atoms with E-state index in [0.29, 0.717) is 10.8 Å². The van der Waals surface area contributed by atoms with E-state index in [0.717, 1.165) is 10.0 Å². The SMILES string of the molecule is Cc1nnc(SCN2C3CCC(OC(=O)C(F)(F)F)[C@H]4C(=O)C([C@@H]34)N2C(=O)O)s1. The average Bonchev–Trinajstić information content (AvgIpc) is 3.18. The summed E-state index contributed by atoms with van der Waals surface area (Å²) in [4.78, 5) is 35.6. The Kier molecular flexibility index (Phi) is 4.98. The molecule has 0 radical (unpaired) electrons. The van der Waals surface area contributed by atoms with Gasteiger partial charge in [0.25, 0.3) is 0 Å². The highest BCUT2D eigenvalue weighted by molar-refractivity contribution is 8.00. The number of aromatic nitrogens is 2. The molecule has 1 aliphatic heterocycles. The predicted molar refractivity (Wildman–Crippen MR) is 91.8 cm³/mol. The Labute approximate surface area is 170 Å². The Bertz CT molecular complexity index is 865. The first-order valence-electron chi connectivity index (χ1n) is 8.62. The Balaban J connectivity index is 1.52. The van der Waals surface area contributed by atoms with Crippen LogP contribution in [0.1, 0.15) is 17.8 Å². The summed E-state index contributed by atoms with van der Waals surface area (Å²) in [5.74, 6) is -4.07. The van der Waals surface area contributed by atoms with Crippen LogP contribution in [0.15, 0.2) is 4.34 Å². The summed E-state index contributed by atoms with van der Waals surface area (Å²) in [6.07, 6.45) is -7.29. The quantitative estimate of drug-likeness (QED) is 0.541. The van der Waals surface area contributed by atoms with E-state index in [1.54, 1.807) is 11.9 Å². The number of halogens is 3. The summed E-state index contributed by atoms with van der Waals surface area (Å²) in [5.41, 5.74) is 0. The van der Waals surface area contributed by atoms with Gasteiger partial charge in [0, 0.05) is 12.0 Å². The van der Waals surface area contributed by atoms with Crippen LogP contribution in [0.5, 0.6) is 0 Å². The largest absolute Gasteiger partial charge is 0.490 e. The van der Waals surface area contributed by atoms with Crippen LogP contribution < -0.4 is 0 Å². The maximum absolute atomic E-state index is 12.6. The highest BCUT2D eigenvalue weighted by Gasteiger charge is 2.69. The number of Topliss-reactive ketones (excluding diaryl/α,β-unsaturated/α-hetero) is 1. The number of nitrogens with zero attached hydrogens (tertiary/aromatic N) is 4. The van der Waals surface area contributed by atoms with Crippen molar-refractivity contribution >= 4 is 40.9 Å². The van der Waals surface area contributed by atoms with Crippen LogP contribution in [0.25, 0.3) is 0 Å². The fraction of sp³-hybridized carbons (Fsp3) is 0.667. The van der Waals surface area contributed by atoms with E-state index in [2.05, 4.69) is 14.9 Å². The Hall–Kier alpha value is -1.93. The summed E-state index contributed by atoms with van der Waals surface area (Å²) in [7, 11) is 0. The van der Waals surface area contributed by atoms with Crippen LogP contribution in [0.4, 0.5) is 18.0 Å². The van der Waals surface area contributed by atoms with Gasteiger partial charge in [-0.1, -0.05) is 23.1 Å². The molecule has 0 aromatic carbocycles. The fourth-order valence-electron chi connectivity index (χ4n) is 4.37. The van der Waals surface area contributed by atoms with Gasteiger partial charge in [0.15, 0.2) is 10.1 Å². The predicted octanol–water partition coefficient (Wildman–Crippen LogP) is 1.93. The molecule has 1 N–H and O–H groups in total. The molecular weight excluding hydrogens is 437 g/mol. The molecule has 2 heterocycles. The van der Waals surface area contributed by atoms with Crippen LogP contribution in [0.3, 0.4) is 0 Å². The number of carbonyl (C=O) groups is 3. The van der Waals surface area contributed by atoms with Crippen LogP contribution in [-0.2, 0) is 14.3 Å². The van der Waals surface area contributed by atoms with Crippen molar-refractivity contribution in [3.63, 3.8) is 0 Å². The Morgan fingerprint density at radius 1 is 1.34 bits per heavy atom. The second-order valence-corrected chi connectivity index (χ2v) is 9.34. The number of carboxylic acid groups (broad SMARTS) is 1. The van der Waals surface area contributed by atoms with Gasteiger partial charge in [0.1, 0.15) is 17.2 Å². The molecule has 4 rings (SSSR count). The molecule has 158 valence electrons. The molecule has 1 amide bonds. The smallest absolute Gasteiger partial charge is 0.464 e. The highest BCUT2D eigenvalue weighted by Crippen LogP contribution is 2.53. The zero-order valence-corrected chi connectivity index (χ0v) is 16.5. The number of aryl methyl sites for hydroxylation is 1. The molecule has 3 aliphatic rings. The molecule has 5 atom stereocenters. The van der Waals surface area contributed by atoms with E-state index in [1.807, 2.05) is 0 Å². The second-order valence-electron chi connectivity index (χ2n) is 6.96. The third kappa shape index (κ3) is 3.36. The van der Waals surface area contributed by atoms with Crippen molar-refractivity contribution in [1.82, 2.24) is 20.2 Å². The zero-order valence-electron chi connectivity index (χ0n) is 14.8. The number of ether oxygens (including phenoxy) is 1. The third-order valence-corrected chi connectivity index (χ3v) is 7.39. The van der Waals surface area contributed by atoms with Gasteiger partial charge in [-0.15, -0.1) is 10.2 Å². The van der Waals surface area contributed by atoms with E-state index >= 15 is 0 Å². The molecule has 1 saturated heterocycles. The van der Waals surface area contributed by atoms with E-state index < -0.39 is 48.0 Å². The first-order valence-corrected chi connectivity index (χ1v) is 10.4. The molecule has 14 heteroatoms. The van der Waals surface area contributed by atoms with Gasteiger partial charge in [-0.3, -0.25) is 4.79 Å². The van der Waals surface area contributed by atoms with Gasteiger partial charge in [-0.2, -0.15) is 13.2 Å². The van der Waals surface area contributed by atoms with Crippen LogP contribution in [0, 0.1) is 18.8 Å². The lowest BCUT2D eigenvalue weighted by Gasteiger charge is -2.47. The molecule has 3 unspecified atom stereocenters. The van der Waals surface area contributed by atoms with Gasteiger partial charge in [-0.05, 0) is 19.8 Å². The molecule has 1 aromatic rings. The molecule has 29 heavy (non-hydrogen) atoms. The van der Waals surface area contributed by atoms with Gasteiger partial charge in [0.05, 0.1) is 11.8 Å². The van der Waals surface area contributed by atoms with Gasteiger partial charge >= 0.3 is 18.2 Å². The number of rotatable bonds is 4. The number of hydrogen-bond donors (Lipinski definition) is 1. The van der Waals surface area contributed by atoms with E-state index in [4.69, 9.17) is 0 Å². The minimum absolute atomic E-state index is 0.0542. The lowest BCUT2D eigenvalue weighted by molar-refractivity contribution is -0.212. The molecule has 0 spiro atoms. The van der Waals surface area contributed by atoms with E-state index in [9.17, 15) is 32.7 Å². The highest BCUT2D eigenvalue weighted by atomic mass is 32.2. The minimum Gasteiger partial charge on any atom is -0.464 e. The minimum atomic E-state index is -5.14. The monoisotopic (exact) mass is 452 g/mol. The molecule has 9 nitrogen and oxygen atoms in total. The number of esters is 1. The topological polar surface area (TPSA) is 113 Å². The lowest BCUT2D eigenvalue weighted by atomic mass is 9.59. The van der Waals surface area contributed by atoms with Crippen LogP contribution in [-0.4, -0.2) is 73.4 Å². The second kappa shape index (κ2) is 7.09. The number of amides is 1. The summed E-state index contributed by atoms with van der Waals surface area (Å²) >= 11 is 2.62. The van der Waals surface area contributed by atoms with Crippen molar-refractivity contribution in [1.29, 1.82) is 0 Å². The maximum Gasteiger partial charge on any atom is 0.490 e. The van der Waals surface area contributed by atoms with Crippen molar-refractivity contribution < 1.29 is 37.4 Å². The van der Waals surface area contributed by atoms with Crippen molar-refractivity contribution in [2.75, 3.05) is 5.88 Å². The first-order chi connectivity index (χ1) is 13.6. The number of alkyl halides is 3. The molecule has 2 saturated carbocycles. The number of thioether (sulfide) groups is 1. The van der Waals surface area contributed by atoms with E-state index in [-0.39, 0.29) is 18.3 Å². The molecular formula is C15H15F3N4O5S2. The van der Waals surface area contributed by atoms with Crippen LogP contribution in [0.2, 0.25) is 0 Å². The summed E-state index contributed by atoms with van der Waals surface area (Å²) in [5, 5.41) is 20.8. The summed E-state index contributed by atoms with van der Waals surface area (Å²) in [6.45, 7) is 1.79. The number of hydrogen-bond acceptors (Lipinski definition) is 9. The summed E-state index contributed by atoms with van der Waals surface area (Å²) in [6, 6.07) is -1.31. The molecule has 0 bridgehead atoms. The van der Waals surface area contributed by atoms with Crippen molar-refractivity contribution in [2.24, 2.45) is 11.8 Å². The van der Waals surface area contributed by atoms with Crippen molar-refractivity contribution in [3.05, 3.63) is 5.01 Å². The van der Waals surface area contributed by atoms with Gasteiger partial charge in [-0.25, -0.2) is 19.6 Å². The van der Waals surface area contributed by atoms with E-state index in [1.165, 1.54) is 23.1 Å². The first kappa shape index (κ1) is 20.3. The summed E-state index contributed by atoms with van der Waals surface area (Å²) < 4.78 is 42.8. The Morgan fingerprint density at radius 2 is 2.07 bits per heavy atom. The Morgan fingerprint density at radius 3 is 2.66 bits per heavy atom.